The van der Waals surface area contributed by atoms with Crippen LogP contribution >= 0.6 is 0 Å². The Labute approximate surface area is 132 Å². The van der Waals surface area contributed by atoms with Crippen LogP contribution in [0, 0.1) is 5.82 Å². The highest BCUT2D eigenvalue weighted by Crippen LogP contribution is 2.09. The van der Waals surface area contributed by atoms with E-state index in [4.69, 9.17) is 5.11 Å². The highest BCUT2D eigenvalue weighted by atomic mass is 19.1. The Hall–Kier alpha value is -2.54. The molecule has 0 spiro atoms. The average Bonchev–Trinajstić information content (AvgIpc) is 2.54. The van der Waals surface area contributed by atoms with E-state index < -0.39 is 17.3 Å². The molecule has 0 aliphatic rings. The van der Waals surface area contributed by atoms with Gasteiger partial charge in [0.15, 0.2) is 0 Å². The summed E-state index contributed by atoms with van der Waals surface area (Å²) in [6.07, 6.45) is 1.19. The molecule has 2 aromatic rings. The molecule has 0 saturated heterocycles. The number of aromatic nitrogens is 2. The van der Waals surface area contributed by atoms with Crippen LogP contribution in [0.5, 0.6) is 0 Å². The molecular formula is C16H18FN3O3. The van der Waals surface area contributed by atoms with E-state index in [1.54, 1.807) is 13.0 Å². The maximum Gasteiger partial charge on any atom is 0.271 e. The third kappa shape index (κ3) is 4.23. The van der Waals surface area contributed by atoms with Gasteiger partial charge >= 0.3 is 0 Å². The minimum atomic E-state index is -0.601. The Morgan fingerprint density at radius 3 is 2.78 bits per heavy atom. The minimum absolute atomic E-state index is 0.0134. The number of hydrogen-bond donors (Lipinski definition) is 2. The summed E-state index contributed by atoms with van der Waals surface area (Å²) >= 11 is 0. The van der Waals surface area contributed by atoms with Crippen molar-refractivity contribution in [2.75, 3.05) is 6.61 Å². The Kier molecular flexibility index (Phi) is 5.59. The van der Waals surface area contributed by atoms with Gasteiger partial charge in [-0.1, -0.05) is 12.1 Å². The minimum Gasteiger partial charge on any atom is -0.396 e. The van der Waals surface area contributed by atoms with E-state index in [0.717, 1.165) is 4.68 Å². The fraction of sp³-hybridized carbons (Fsp3) is 0.312. The van der Waals surface area contributed by atoms with E-state index in [-0.39, 0.29) is 24.0 Å². The molecule has 0 fully saturated rings. The first-order valence-corrected chi connectivity index (χ1v) is 7.30. The van der Waals surface area contributed by atoms with Gasteiger partial charge in [0, 0.05) is 18.7 Å². The SMILES string of the molecule is CC(CCCO)NC(=O)c1ccc(=O)n(-c2ccccc2F)n1. The van der Waals surface area contributed by atoms with Gasteiger partial charge in [0.2, 0.25) is 0 Å². The maximum absolute atomic E-state index is 13.8. The number of nitrogens with zero attached hydrogens (tertiary/aromatic N) is 2. The fourth-order valence-electron chi connectivity index (χ4n) is 2.10. The smallest absolute Gasteiger partial charge is 0.271 e. The summed E-state index contributed by atoms with van der Waals surface area (Å²) in [5, 5.41) is 15.4. The van der Waals surface area contributed by atoms with E-state index in [1.807, 2.05) is 0 Å². The molecule has 0 saturated carbocycles. The number of rotatable bonds is 6. The first-order chi connectivity index (χ1) is 11.0. The molecule has 7 heteroatoms. The van der Waals surface area contributed by atoms with Gasteiger partial charge in [-0.3, -0.25) is 9.59 Å². The van der Waals surface area contributed by atoms with Crippen LogP contribution in [0.25, 0.3) is 5.69 Å². The lowest BCUT2D eigenvalue weighted by Crippen LogP contribution is -2.35. The molecule has 122 valence electrons. The summed E-state index contributed by atoms with van der Waals surface area (Å²) in [5.74, 6) is -1.06. The molecule has 6 nitrogen and oxygen atoms in total. The van der Waals surface area contributed by atoms with Gasteiger partial charge in [-0.25, -0.2) is 4.39 Å². The lowest BCUT2D eigenvalue weighted by atomic mass is 10.2. The van der Waals surface area contributed by atoms with E-state index in [2.05, 4.69) is 10.4 Å². The van der Waals surface area contributed by atoms with Gasteiger partial charge in [-0.05, 0) is 38.0 Å². The number of aliphatic hydroxyl groups is 1. The Morgan fingerprint density at radius 1 is 1.35 bits per heavy atom. The maximum atomic E-state index is 13.8. The van der Waals surface area contributed by atoms with E-state index in [1.165, 1.54) is 30.3 Å². The number of nitrogens with one attached hydrogen (secondary N) is 1. The number of para-hydroxylation sites is 1. The molecule has 1 amide bonds. The second kappa shape index (κ2) is 7.64. The molecule has 1 aromatic carbocycles. The van der Waals surface area contributed by atoms with Gasteiger partial charge in [0.1, 0.15) is 17.2 Å². The number of carbonyl (C=O) groups is 1. The number of benzene rings is 1. The van der Waals surface area contributed by atoms with Crippen LogP contribution in [0.4, 0.5) is 4.39 Å². The van der Waals surface area contributed by atoms with E-state index in [0.29, 0.717) is 12.8 Å². The van der Waals surface area contributed by atoms with Gasteiger partial charge in [-0.2, -0.15) is 9.78 Å². The first-order valence-electron chi connectivity index (χ1n) is 7.30. The number of halogens is 1. The summed E-state index contributed by atoms with van der Waals surface area (Å²) in [6, 6.07) is 8.04. The Balaban J connectivity index is 2.25. The standard InChI is InChI=1S/C16H18FN3O3/c1-11(5-4-10-21)18-16(23)13-8-9-15(22)20(19-13)14-7-3-2-6-12(14)17/h2-3,6-9,11,21H,4-5,10H2,1H3,(H,18,23). The molecule has 1 heterocycles. The highest BCUT2D eigenvalue weighted by Gasteiger charge is 2.14. The van der Waals surface area contributed by atoms with Gasteiger partial charge in [0.05, 0.1) is 0 Å². The zero-order chi connectivity index (χ0) is 16.8. The first kappa shape index (κ1) is 16.8. The fourth-order valence-corrected chi connectivity index (χ4v) is 2.10. The Bertz CT molecular complexity index is 745. The van der Waals surface area contributed by atoms with Crippen molar-refractivity contribution in [3.05, 3.63) is 58.3 Å². The van der Waals surface area contributed by atoms with Gasteiger partial charge < -0.3 is 10.4 Å². The van der Waals surface area contributed by atoms with E-state index in [9.17, 15) is 14.0 Å². The van der Waals surface area contributed by atoms with Crippen LogP contribution in [0.3, 0.4) is 0 Å². The van der Waals surface area contributed by atoms with Crippen molar-refractivity contribution < 1.29 is 14.3 Å². The lowest BCUT2D eigenvalue weighted by Gasteiger charge is -2.13. The van der Waals surface area contributed by atoms with Gasteiger partial charge in [0.25, 0.3) is 11.5 Å². The predicted octanol–water partition coefficient (Wildman–Crippen LogP) is 1.26. The molecule has 0 bridgehead atoms. The highest BCUT2D eigenvalue weighted by molar-refractivity contribution is 5.92. The van der Waals surface area contributed by atoms with Gasteiger partial charge in [-0.15, -0.1) is 0 Å². The molecule has 0 radical (unpaired) electrons. The zero-order valence-electron chi connectivity index (χ0n) is 12.7. The molecule has 0 aliphatic carbocycles. The van der Waals surface area contributed by atoms with Crippen LogP contribution in [-0.4, -0.2) is 33.4 Å². The van der Waals surface area contributed by atoms with Crippen molar-refractivity contribution in [3.63, 3.8) is 0 Å². The van der Waals surface area contributed by atoms with Crippen molar-refractivity contribution in [3.8, 4) is 5.69 Å². The second-order valence-electron chi connectivity index (χ2n) is 5.16. The van der Waals surface area contributed by atoms with Crippen LogP contribution < -0.4 is 10.9 Å². The summed E-state index contributed by atoms with van der Waals surface area (Å²) in [5.41, 5.74) is -0.524. The van der Waals surface area contributed by atoms with Crippen molar-refractivity contribution in [1.29, 1.82) is 0 Å². The normalized spacial score (nSPS) is 12.0. The molecule has 1 unspecified atom stereocenters. The predicted molar refractivity (Wildman–Crippen MR) is 83.0 cm³/mol. The van der Waals surface area contributed by atoms with Crippen LogP contribution in [0.15, 0.2) is 41.2 Å². The zero-order valence-corrected chi connectivity index (χ0v) is 12.7. The van der Waals surface area contributed by atoms with E-state index >= 15 is 0 Å². The summed E-state index contributed by atoms with van der Waals surface area (Å²) in [6.45, 7) is 1.86. The molecule has 2 rings (SSSR count). The van der Waals surface area contributed by atoms with Crippen molar-refractivity contribution in [2.45, 2.75) is 25.8 Å². The topological polar surface area (TPSA) is 84.2 Å². The van der Waals surface area contributed by atoms with Crippen LogP contribution in [0.1, 0.15) is 30.3 Å². The quantitative estimate of drug-likeness (QED) is 0.839. The monoisotopic (exact) mass is 319 g/mol. The molecule has 0 aliphatic heterocycles. The molecule has 2 N–H and O–H groups in total. The molecule has 23 heavy (non-hydrogen) atoms. The third-order valence-electron chi connectivity index (χ3n) is 3.29. The third-order valence-corrected chi connectivity index (χ3v) is 3.29. The Morgan fingerprint density at radius 2 is 2.09 bits per heavy atom. The van der Waals surface area contributed by atoms with Crippen molar-refractivity contribution in [1.82, 2.24) is 15.1 Å². The van der Waals surface area contributed by atoms with Crippen LogP contribution in [-0.2, 0) is 0 Å². The lowest BCUT2D eigenvalue weighted by molar-refractivity contribution is 0.0929. The summed E-state index contributed by atoms with van der Waals surface area (Å²) < 4.78 is 14.7. The summed E-state index contributed by atoms with van der Waals surface area (Å²) in [7, 11) is 0. The average molecular weight is 319 g/mol. The number of carbonyl (C=O) groups excluding carboxylic acids is 1. The van der Waals surface area contributed by atoms with Crippen LogP contribution in [0.2, 0.25) is 0 Å². The number of amides is 1. The largest absolute Gasteiger partial charge is 0.396 e. The number of hydrogen-bond acceptors (Lipinski definition) is 4. The number of aliphatic hydroxyl groups excluding tert-OH is 1. The summed E-state index contributed by atoms with van der Waals surface area (Å²) in [4.78, 5) is 24.0. The molecule has 1 aromatic heterocycles. The molecular weight excluding hydrogens is 301 g/mol. The van der Waals surface area contributed by atoms with Crippen molar-refractivity contribution in [2.24, 2.45) is 0 Å². The molecule has 1 atom stereocenters. The van der Waals surface area contributed by atoms with Crippen molar-refractivity contribution >= 4 is 5.91 Å². The second-order valence-corrected chi connectivity index (χ2v) is 5.16.